The van der Waals surface area contributed by atoms with Gasteiger partial charge in [-0.25, -0.2) is 0 Å². The Morgan fingerprint density at radius 3 is 2.26 bits per heavy atom. The highest BCUT2D eigenvalue weighted by molar-refractivity contribution is 14.0. The third-order valence-electron chi connectivity index (χ3n) is 4.41. The number of hydrogen-bond acceptors (Lipinski definition) is 3. The average molecular weight is 487 g/mol. The van der Waals surface area contributed by atoms with Gasteiger partial charge in [-0.3, -0.25) is 14.6 Å². The van der Waals surface area contributed by atoms with Crippen LogP contribution in [0, 0.1) is 0 Å². The Bertz CT molecular complexity index is 640. The number of halogens is 1. The zero-order chi connectivity index (χ0) is 18.9. The Kier molecular flexibility index (Phi) is 10.1. The summed E-state index contributed by atoms with van der Waals surface area (Å²) < 4.78 is 0. The van der Waals surface area contributed by atoms with Gasteiger partial charge in [-0.1, -0.05) is 12.1 Å². The molecule has 8 heteroatoms. The number of aliphatic imine (C=N–C) groups is 1. The monoisotopic (exact) mass is 487 g/mol. The van der Waals surface area contributed by atoms with Crippen LogP contribution in [-0.2, 0) is 11.3 Å². The van der Waals surface area contributed by atoms with E-state index in [4.69, 9.17) is 0 Å². The molecule has 0 aromatic heterocycles. The first kappa shape index (κ1) is 23.2. The summed E-state index contributed by atoms with van der Waals surface area (Å²) in [5.41, 5.74) is 1.69. The molecular weight excluding hydrogens is 457 g/mol. The van der Waals surface area contributed by atoms with Crippen LogP contribution in [0.4, 0.5) is 0 Å². The molecule has 0 bridgehead atoms. The lowest BCUT2D eigenvalue weighted by atomic mass is 10.1. The third kappa shape index (κ3) is 7.36. The molecule has 7 nitrogen and oxygen atoms in total. The number of piperidine rings is 1. The summed E-state index contributed by atoms with van der Waals surface area (Å²) in [5.74, 6) is 0.682. The molecule has 1 fully saturated rings. The minimum atomic E-state index is -0.0155. The molecule has 0 atom stereocenters. The van der Waals surface area contributed by atoms with Crippen LogP contribution in [0.5, 0.6) is 0 Å². The van der Waals surface area contributed by atoms with Gasteiger partial charge in [0.25, 0.3) is 5.91 Å². The lowest BCUT2D eigenvalue weighted by Gasteiger charge is -2.27. The maximum Gasteiger partial charge on any atom is 0.253 e. The van der Waals surface area contributed by atoms with Crippen molar-refractivity contribution in [2.45, 2.75) is 25.8 Å². The van der Waals surface area contributed by atoms with Gasteiger partial charge < -0.3 is 20.4 Å². The van der Waals surface area contributed by atoms with Crippen molar-refractivity contribution in [3.63, 3.8) is 0 Å². The quantitative estimate of drug-likeness (QED) is 0.377. The van der Waals surface area contributed by atoms with Gasteiger partial charge in [0.1, 0.15) is 0 Å². The van der Waals surface area contributed by atoms with E-state index in [-0.39, 0.29) is 42.3 Å². The second-order valence-corrected chi connectivity index (χ2v) is 6.62. The van der Waals surface area contributed by atoms with Crippen molar-refractivity contribution >= 4 is 41.8 Å². The number of hydrogen-bond donors (Lipinski definition) is 2. The van der Waals surface area contributed by atoms with Gasteiger partial charge in [0.15, 0.2) is 5.96 Å². The Hall–Kier alpha value is -1.84. The maximum absolute atomic E-state index is 12.2. The van der Waals surface area contributed by atoms with E-state index in [0.29, 0.717) is 18.1 Å². The lowest BCUT2D eigenvalue weighted by molar-refractivity contribution is -0.130. The Labute approximate surface area is 178 Å². The van der Waals surface area contributed by atoms with E-state index in [0.717, 1.165) is 31.5 Å². The number of carbonyl (C=O) groups is 2. The Morgan fingerprint density at radius 1 is 1.07 bits per heavy atom. The summed E-state index contributed by atoms with van der Waals surface area (Å²) in [4.78, 5) is 31.7. The average Bonchev–Trinajstić information content (AvgIpc) is 2.68. The molecule has 0 aliphatic carbocycles. The van der Waals surface area contributed by atoms with Gasteiger partial charge in [-0.05, 0) is 37.0 Å². The standard InChI is InChI=1S/C19H29N5O2.HI/c1-20-19(22-14-17(25)24-11-5-4-6-12-24)21-13-15-7-9-16(10-8-15)18(26)23(2)3;/h7-10H,4-6,11-14H2,1-3H3,(H2,20,21,22);1H. The van der Waals surface area contributed by atoms with Crippen molar-refractivity contribution < 1.29 is 9.59 Å². The molecule has 1 aliphatic rings. The number of guanidine groups is 1. The van der Waals surface area contributed by atoms with Crippen molar-refractivity contribution in [3.05, 3.63) is 35.4 Å². The molecule has 2 N–H and O–H groups in total. The molecule has 2 rings (SSSR count). The number of benzene rings is 1. The predicted octanol–water partition coefficient (Wildman–Crippen LogP) is 1.68. The fourth-order valence-corrected chi connectivity index (χ4v) is 2.84. The smallest absolute Gasteiger partial charge is 0.253 e. The topological polar surface area (TPSA) is 77.0 Å². The van der Waals surface area contributed by atoms with Crippen LogP contribution in [-0.4, -0.2) is 68.4 Å². The van der Waals surface area contributed by atoms with E-state index < -0.39 is 0 Å². The van der Waals surface area contributed by atoms with Crippen LogP contribution in [0.3, 0.4) is 0 Å². The minimum Gasteiger partial charge on any atom is -0.352 e. The lowest BCUT2D eigenvalue weighted by Crippen LogP contribution is -2.45. The third-order valence-corrected chi connectivity index (χ3v) is 4.41. The molecule has 0 radical (unpaired) electrons. The van der Waals surface area contributed by atoms with E-state index in [2.05, 4.69) is 15.6 Å². The molecule has 27 heavy (non-hydrogen) atoms. The van der Waals surface area contributed by atoms with Gasteiger partial charge >= 0.3 is 0 Å². The van der Waals surface area contributed by atoms with Gasteiger partial charge in [-0.2, -0.15) is 0 Å². The molecule has 150 valence electrons. The van der Waals surface area contributed by atoms with E-state index in [9.17, 15) is 9.59 Å². The second kappa shape index (κ2) is 11.8. The second-order valence-electron chi connectivity index (χ2n) is 6.62. The van der Waals surface area contributed by atoms with Crippen molar-refractivity contribution in [1.29, 1.82) is 0 Å². The molecule has 1 aliphatic heterocycles. The van der Waals surface area contributed by atoms with Crippen LogP contribution >= 0.6 is 24.0 Å². The zero-order valence-corrected chi connectivity index (χ0v) is 18.7. The van der Waals surface area contributed by atoms with Crippen LogP contribution in [0.15, 0.2) is 29.3 Å². The van der Waals surface area contributed by atoms with Gasteiger partial charge in [0, 0.05) is 46.3 Å². The SMILES string of the molecule is CN=C(NCC(=O)N1CCCCC1)NCc1ccc(C(=O)N(C)C)cc1.I. The van der Waals surface area contributed by atoms with E-state index >= 15 is 0 Å². The first-order valence-electron chi connectivity index (χ1n) is 9.04. The summed E-state index contributed by atoms with van der Waals surface area (Å²) in [6.45, 7) is 2.51. The van der Waals surface area contributed by atoms with Crippen LogP contribution in [0.25, 0.3) is 0 Å². The van der Waals surface area contributed by atoms with Gasteiger partial charge in [0.05, 0.1) is 6.54 Å². The maximum atomic E-state index is 12.2. The first-order valence-corrected chi connectivity index (χ1v) is 9.04. The summed E-state index contributed by atoms with van der Waals surface area (Å²) in [6, 6.07) is 7.45. The number of likely N-dealkylation sites (tertiary alicyclic amines) is 1. The zero-order valence-electron chi connectivity index (χ0n) is 16.3. The fraction of sp³-hybridized carbons (Fsp3) is 0.526. The molecular formula is C19H30IN5O2. The van der Waals surface area contributed by atoms with E-state index in [1.54, 1.807) is 26.0 Å². The van der Waals surface area contributed by atoms with Gasteiger partial charge in [-0.15, -0.1) is 24.0 Å². The van der Waals surface area contributed by atoms with E-state index in [1.165, 1.54) is 6.42 Å². The summed E-state index contributed by atoms with van der Waals surface area (Å²) >= 11 is 0. The number of carbonyl (C=O) groups excluding carboxylic acids is 2. The normalized spacial score (nSPS) is 14.2. The number of amides is 2. The highest BCUT2D eigenvalue weighted by atomic mass is 127. The Balaban J connectivity index is 0.00000364. The van der Waals surface area contributed by atoms with Crippen molar-refractivity contribution in [1.82, 2.24) is 20.4 Å². The summed E-state index contributed by atoms with van der Waals surface area (Å²) in [7, 11) is 5.15. The highest BCUT2D eigenvalue weighted by Crippen LogP contribution is 2.08. The molecule has 1 aromatic carbocycles. The number of nitrogens with zero attached hydrogens (tertiary/aromatic N) is 3. The fourth-order valence-electron chi connectivity index (χ4n) is 2.84. The predicted molar refractivity (Wildman–Crippen MR) is 119 cm³/mol. The number of rotatable bonds is 5. The minimum absolute atomic E-state index is 0. The Morgan fingerprint density at radius 2 is 1.70 bits per heavy atom. The van der Waals surface area contributed by atoms with Crippen LogP contribution < -0.4 is 10.6 Å². The van der Waals surface area contributed by atoms with Crippen LogP contribution in [0.1, 0.15) is 35.2 Å². The molecule has 1 aromatic rings. The molecule has 0 saturated carbocycles. The molecule has 0 spiro atoms. The molecule has 1 saturated heterocycles. The largest absolute Gasteiger partial charge is 0.352 e. The summed E-state index contributed by atoms with van der Waals surface area (Å²) in [5, 5.41) is 6.26. The molecule has 0 unspecified atom stereocenters. The first-order chi connectivity index (χ1) is 12.5. The van der Waals surface area contributed by atoms with Crippen molar-refractivity contribution in [2.24, 2.45) is 4.99 Å². The van der Waals surface area contributed by atoms with Crippen molar-refractivity contribution in [2.75, 3.05) is 40.8 Å². The molecule has 1 heterocycles. The van der Waals surface area contributed by atoms with Gasteiger partial charge in [0.2, 0.25) is 5.91 Å². The summed E-state index contributed by atoms with van der Waals surface area (Å²) in [6.07, 6.45) is 3.38. The molecule has 2 amide bonds. The van der Waals surface area contributed by atoms with Crippen molar-refractivity contribution in [3.8, 4) is 0 Å². The number of nitrogens with one attached hydrogen (secondary N) is 2. The van der Waals surface area contributed by atoms with Crippen LogP contribution in [0.2, 0.25) is 0 Å². The van der Waals surface area contributed by atoms with E-state index in [1.807, 2.05) is 29.2 Å². The highest BCUT2D eigenvalue weighted by Gasteiger charge is 2.16.